The van der Waals surface area contributed by atoms with Gasteiger partial charge in [-0.15, -0.1) is 5.10 Å². The standard InChI is InChI=1S/C16H14BrN3/c1-11-5-7-12(8-6-11)16(9-10-16)15-13-3-2-4-14(17)20(13)19-18-15/h2-8H,9-10H2,1H3. The second-order valence-corrected chi connectivity index (χ2v) is 6.34. The number of hydrogen-bond acceptors (Lipinski definition) is 2. The number of benzene rings is 1. The van der Waals surface area contributed by atoms with Crippen molar-refractivity contribution in [3.63, 3.8) is 0 Å². The first-order valence-electron chi connectivity index (χ1n) is 6.78. The lowest BCUT2D eigenvalue weighted by Gasteiger charge is -2.13. The van der Waals surface area contributed by atoms with Crippen LogP contribution in [0.25, 0.3) is 5.52 Å². The molecule has 1 fully saturated rings. The van der Waals surface area contributed by atoms with Gasteiger partial charge in [0.05, 0.1) is 5.52 Å². The first-order valence-corrected chi connectivity index (χ1v) is 7.58. The minimum atomic E-state index is 0.0657. The van der Waals surface area contributed by atoms with E-state index >= 15 is 0 Å². The lowest BCUT2D eigenvalue weighted by atomic mass is 9.91. The number of nitrogens with zero attached hydrogens (tertiary/aromatic N) is 3. The molecule has 1 saturated carbocycles. The zero-order valence-corrected chi connectivity index (χ0v) is 12.8. The number of aryl methyl sites for hydroxylation is 1. The molecule has 0 spiro atoms. The molecule has 3 nitrogen and oxygen atoms in total. The highest BCUT2D eigenvalue weighted by atomic mass is 79.9. The number of hydrogen-bond donors (Lipinski definition) is 0. The van der Waals surface area contributed by atoms with Gasteiger partial charge in [-0.3, -0.25) is 0 Å². The summed E-state index contributed by atoms with van der Waals surface area (Å²) in [6.07, 6.45) is 2.30. The van der Waals surface area contributed by atoms with Crippen molar-refractivity contribution in [1.82, 2.24) is 14.8 Å². The lowest BCUT2D eigenvalue weighted by Crippen LogP contribution is -2.09. The van der Waals surface area contributed by atoms with E-state index < -0.39 is 0 Å². The molecule has 100 valence electrons. The molecule has 0 aliphatic heterocycles. The van der Waals surface area contributed by atoms with E-state index in [0.29, 0.717) is 0 Å². The molecule has 0 saturated heterocycles. The molecule has 0 unspecified atom stereocenters. The van der Waals surface area contributed by atoms with Gasteiger partial charge in [-0.05, 0) is 53.4 Å². The van der Waals surface area contributed by atoms with Crippen LogP contribution in [0, 0.1) is 6.92 Å². The van der Waals surface area contributed by atoms with Crippen molar-refractivity contribution in [2.75, 3.05) is 0 Å². The first-order chi connectivity index (χ1) is 9.71. The van der Waals surface area contributed by atoms with E-state index in [1.807, 2.05) is 16.6 Å². The Balaban J connectivity index is 1.90. The fourth-order valence-corrected chi connectivity index (χ4v) is 3.30. The molecule has 0 bridgehead atoms. The van der Waals surface area contributed by atoms with E-state index in [2.05, 4.69) is 63.5 Å². The molecule has 2 aromatic heterocycles. The monoisotopic (exact) mass is 327 g/mol. The van der Waals surface area contributed by atoms with Gasteiger partial charge in [0.2, 0.25) is 0 Å². The third-order valence-corrected chi connectivity index (χ3v) is 4.80. The summed E-state index contributed by atoms with van der Waals surface area (Å²) in [6, 6.07) is 14.9. The third-order valence-electron chi connectivity index (χ3n) is 4.20. The molecule has 1 aliphatic rings. The van der Waals surface area contributed by atoms with Crippen LogP contribution in [0.3, 0.4) is 0 Å². The summed E-state index contributed by atoms with van der Waals surface area (Å²) in [5.41, 5.74) is 4.90. The van der Waals surface area contributed by atoms with Gasteiger partial charge in [0.1, 0.15) is 10.3 Å². The van der Waals surface area contributed by atoms with Gasteiger partial charge in [-0.1, -0.05) is 41.1 Å². The molecular formula is C16H14BrN3. The fourth-order valence-electron chi connectivity index (χ4n) is 2.89. The molecule has 1 aromatic carbocycles. The molecule has 4 rings (SSSR count). The molecule has 2 heterocycles. The summed E-state index contributed by atoms with van der Waals surface area (Å²) in [4.78, 5) is 0. The summed E-state index contributed by atoms with van der Waals surface area (Å²) in [6.45, 7) is 2.12. The van der Waals surface area contributed by atoms with Gasteiger partial charge in [0.25, 0.3) is 0 Å². The van der Waals surface area contributed by atoms with Crippen molar-refractivity contribution in [3.05, 3.63) is 63.9 Å². The highest BCUT2D eigenvalue weighted by molar-refractivity contribution is 9.10. The smallest absolute Gasteiger partial charge is 0.110 e. The molecular weight excluding hydrogens is 314 g/mol. The molecule has 3 aromatic rings. The number of aromatic nitrogens is 3. The minimum absolute atomic E-state index is 0.0657. The number of rotatable bonds is 2. The van der Waals surface area contributed by atoms with Crippen molar-refractivity contribution in [3.8, 4) is 0 Å². The summed E-state index contributed by atoms with van der Waals surface area (Å²) in [5, 5.41) is 8.76. The Kier molecular flexibility index (Phi) is 2.51. The maximum absolute atomic E-state index is 4.47. The predicted molar refractivity (Wildman–Crippen MR) is 81.9 cm³/mol. The van der Waals surface area contributed by atoms with E-state index in [9.17, 15) is 0 Å². The topological polar surface area (TPSA) is 30.2 Å². The van der Waals surface area contributed by atoms with Crippen LogP contribution in [-0.2, 0) is 5.41 Å². The van der Waals surface area contributed by atoms with Gasteiger partial charge in [-0.2, -0.15) is 0 Å². The largest absolute Gasteiger partial charge is 0.206 e. The third kappa shape index (κ3) is 1.64. The number of pyridine rings is 1. The van der Waals surface area contributed by atoms with E-state index in [1.165, 1.54) is 11.1 Å². The van der Waals surface area contributed by atoms with Crippen molar-refractivity contribution in [1.29, 1.82) is 0 Å². The van der Waals surface area contributed by atoms with Gasteiger partial charge in [0.15, 0.2) is 0 Å². The number of halogens is 1. The molecule has 0 amide bonds. The van der Waals surface area contributed by atoms with Crippen LogP contribution < -0.4 is 0 Å². The first kappa shape index (κ1) is 12.1. The van der Waals surface area contributed by atoms with Crippen molar-refractivity contribution in [2.45, 2.75) is 25.2 Å². The van der Waals surface area contributed by atoms with Gasteiger partial charge in [0, 0.05) is 5.41 Å². The van der Waals surface area contributed by atoms with E-state index in [1.54, 1.807) is 0 Å². The van der Waals surface area contributed by atoms with E-state index in [-0.39, 0.29) is 5.41 Å². The van der Waals surface area contributed by atoms with Crippen LogP contribution in [-0.4, -0.2) is 14.8 Å². The summed E-state index contributed by atoms with van der Waals surface area (Å²) < 4.78 is 2.80. The zero-order chi connectivity index (χ0) is 13.7. The molecule has 0 radical (unpaired) electrons. The summed E-state index contributed by atoms with van der Waals surface area (Å²) in [5.74, 6) is 0. The minimum Gasteiger partial charge on any atom is -0.206 e. The molecule has 0 N–H and O–H groups in total. The average Bonchev–Trinajstić information content (AvgIpc) is 3.13. The van der Waals surface area contributed by atoms with Crippen LogP contribution in [0.4, 0.5) is 0 Å². The summed E-state index contributed by atoms with van der Waals surface area (Å²) in [7, 11) is 0. The Morgan fingerprint density at radius 3 is 2.55 bits per heavy atom. The Morgan fingerprint density at radius 1 is 1.10 bits per heavy atom. The van der Waals surface area contributed by atoms with Crippen molar-refractivity contribution in [2.24, 2.45) is 0 Å². The van der Waals surface area contributed by atoms with Crippen molar-refractivity contribution >= 4 is 21.4 Å². The van der Waals surface area contributed by atoms with Gasteiger partial charge in [-0.25, -0.2) is 4.52 Å². The quantitative estimate of drug-likeness (QED) is 0.668. The lowest BCUT2D eigenvalue weighted by molar-refractivity contribution is 0.774. The molecule has 20 heavy (non-hydrogen) atoms. The summed E-state index contributed by atoms with van der Waals surface area (Å²) >= 11 is 3.52. The number of fused-ring (bicyclic) bond motifs is 1. The SMILES string of the molecule is Cc1ccc(C2(c3nnn4c(Br)cccc34)CC2)cc1. The Hall–Kier alpha value is -1.68. The molecule has 1 aliphatic carbocycles. The maximum Gasteiger partial charge on any atom is 0.110 e. The Labute approximate surface area is 125 Å². The predicted octanol–water partition coefficient (Wildman–Crippen LogP) is 3.88. The van der Waals surface area contributed by atoms with Crippen LogP contribution >= 0.6 is 15.9 Å². The highest BCUT2D eigenvalue weighted by Crippen LogP contribution is 2.53. The fraction of sp³-hybridized carbons (Fsp3) is 0.250. The average molecular weight is 328 g/mol. The molecule has 0 atom stereocenters. The second-order valence-electron chi connectivity index (χ2n) is 5.53. The van der Waals surface area contributed by atoms with Crippen molar-refractivity contribution < 1.29 is 0 Å². The van der Waals surface area contributed by atoms with Crippen LogP contribution in [0.2, 0.25) is 0 Å². The zero-order valence-electron chi connectivity index (χ0n) is 11.2. The normalized spacial score (nSPS) is 16.5. The highest BCUT2D eigenvalue weighted by Gasteiger charge is 2.49. The maximum atomic E-state index is 4.47. The van der Waals surface area contributed by atoms with Crippen LogP contribution in [0.1, 0.15) is 29.7 Å². The second kappa shape index (κ2) is 4.16. The Bertz CT molecular complexity index is 785. The van der Waals surface area contributed by atoms with E-state index in [0.717, 1.165) is 28.7 Å². The van der Waals surface area contributed by atoms with E-state index in [4.69, 9.17) is 0 Å². The van der Waals surface area contributed by atoms with Crippen LogP contribution in [0.5, 0.6) is 0 Å². The van der Waals surface area contributed by atoms with Gasteiger partial charge < -0.3 is 0 Å². The van der Waals surface area contributed by atoms with Crippen LogP contribution in [0.15, 0.2) is 47.1 Å². The van der Waals surface area contributed by atoms with Gasteiger partial charge >= 0.3 is 0 Å². The molecule has 4 heteroatoms. The Morgan fingerprint density at radius 2 is 1.85 bits per heavy atom.